The van der Waals surface area contributed by atoms with E-state index in [4.69, 9.17) is 30.0 Å². The molecule has 54 heavy (non-hydrogen) atoms. The van der Waals surface area contributed by atoms with Gasteiger partial charge < -0.3 is 30.0 Å². The fourth-order valence-corrected chi connectivity index (χ4v) is 5.40. The van der Waals surface area contributed by atoms with Gasteiger partial charge in [0.1, 0.15) is 29.7 Å². The lowest BCUT2D eigenvalue weighted by Crippen LogP contribution is -1.95. The van der Waals surface area contributed by atoms with Crippen LogP contribution in [0.3, 0.4) is 0 Å². The highest BCUT2D eigenvalue weighted by Crippen LogP contribution is 2.27. The molecule has 0 saturated carbocycles. The Kier molecular flexibility index (Phi) is 10.9. The first-order chi connectivity index (χ1) is 26.4. The molecule has 0 atom stereocenters. The summed E-state index contributed by atoms with van der Waals surface area (Å²) < 4.78 is 35.3. The maximum atomic E-state index is 13.1. The number of hydrogen-bond acceptors (Lipinski definition) is 11. The Bertz CT molecular complexity index is 2420. The molecule has 12 heteroatoms. The number of pyridine rings is 3. The lowest BCUT2D eigenvalue weighted by Gasteiger charge is -2.07. The third kappa shape index (κ3) is 9.30. The smallest absolute Gasteiger partial charge is 0.221 e. The van der Waals surface area contributed by atoms with Crippen molar-refractivity contribution in [3.8, 4) is 40.0 Å². The molecule has 11 nitrogen and oxygen atoms in total. The van der Waals surface area contributed by atoms with Crippen molar-refractivity contribution in [2.75, 3.05) is 11.5 Å². The lowest BCUT2D eigenvalue weighted by molar-refractivity contribution is 0.306. The van der Waals surface area contributed by atoms with Crippen LogP contribution in [0.5, 0.6) is 17.4 Å². The maximum absolute atomic E-state index is 13.1. The fourth-order valence-electron chi connectivity index (χ4n) is 5.40. The molecule has 0 radical (unpaired) electrons. The summed E-state index contributed by atoms with van der Waals surface area (Å²) >= 11 is 0. The van der Waals surface area contributed by atoms with Gasteiger partial charge in [-0.2, -0.15) is 9.37 Å². The molecular weight excluding hydrogens is 686 g/mol. The zero-order chi connectivity index (χ0) is 37.1. The van der Waals surface area contributed by atoms with E-state index in [9.17, 15) is 4.39 Å². The lowest BCUT2D eigenvalue weighted by atomic mass is 10.1. The molecule has 8 aromatic rings. The van der Waals surface area contributed by atoms with Crippen molar-refractivity contribution in [2.24, 2.45) is 0 Å². The van der Waals surface area contributed by atoms with E-state index in [1.807, 2.05) is 97.1 Å². The molecular formula is C42H34FN7O4. The van der Waals surface area contributed by atoms with Gasteiger partial charge in [0.2, 0.25) is 11.8 Å². The molecule has 5 aromatic heterocycles. The van der Waals surface area contributed by atoms with E-state index in [1.165, 1.54) is 6.07 Å². The van der Waals surface area contributed by atoms with Gasteiger partial charge in [-0.3, -0.25) is 0 Å². The van der Waals surface area contributed by atoms with Gasteiger partial charge in [0.05, 0.1) is 22.5 Å². The summed E-state index contributed by atoms with van der Waals surface area (Å²) in [5.41, 5.74) is 18.1. The molecule has 8 rings (SSSR count). The average Bonchev–Trinajstić information content (AvgIpc) is 3.86. The average molecular weight is 720 g/mol. The van der Waals surface area contributed by atoms with Crippen LogP contribution in [0.25, 0.3) is 22.6 Å². The molecule has 0 amide bonds. The summed E-state index contributed by atoms with van der Waals surface area (Å²) in [6.45, 7) is 0.555. The molecule has 0 saturated heterocycles. The van der Waals surface area contributed by atoms with Crippen molar-refractivity contribution < 1.29 is 22.9 Å². The van der Waals surface area contributed by atoms with Crippen LogP contribution < -0.4 is 20.9 Å². The number of nitrogens with two attached hydrogens (primary N) is 2. The normalized spacial score (nSPS) is 10.7. The molecule has 0 fully saturated rings. The van der Waals surface area contributed by atoms with Gasteiger partial charge in [-0.25, -0.2) is 9.97 Å². The van der Waals surface area contributed by atoms with Gasteiger partial charge in [-0.1, -0.05) is 71.0 Å². The largest absolute Gasteiger partial charge is 0.489 e. The summed E-state index contributed by atoms with van der Waals surface area (Å²) in [4.78, 5) is 11.8. The molecule has 5 heterocycles. The van der Waals surface area contributed by atoms with Gasteiger partial charge in [0.15, 0.2) is 11.5 Å². The van der Waals surface area contributed by atoms with E-state index in [-0.39, 0.29) is 5.88 Å². The van der Waals surface area contributed by atoms with Gasteiger partial charge in [0, 0.05) is 43.4 Å². The zero-order valence-corrected chi connectivity index (χ0v) is 28.9. The molecule has 0 aliphatic rings. The first-order valence-corrected chi connectivity index (χ1v) is 16.9. The van der Waals surface area contributed by atoms with Crippen LogP contribution in [-0.2, 0) is 19.4 Å². The fraction of sp³-hybridized carbons (Fsp3) is 0.0714. The Hall–Kier alpha value is -7.34. The quantitative estimate of drug-likeness (QED) is 0.123. The van der Waals surface area contributed by atoms with E-state index < -0.39 is 5.95 Å². The van der Waals surface area contributed by atoms with Gasteiger partial charge in [-0.05, 0) is 71.3 Å². The Labute approximate surface area is 310 Å². The van der Waals surface area contributed by atoms with Crippen molar-refractivity contribution in [3.05, 3.63) is 180 Å². The minimum absolute atomic E-state index is 0.206. The third-order valence-corrected chi connectivity index (χ3v) is 8.10. The third-order valence-electron chi connectivity index (χ3n) is 8.10. The van der Waals surface area contributed by atoms with Crippen LogP contribution in [0.4, 0.5) is 16.0 Å². The summed E-state index contributed by atoms with van der Waals surface area (Å²) in [6.07, 6.45) is 4.53. The molecule has 0 aliphatic carbocycles. The number of halogens is 1. The Morgan fingerprint density at radius 3 is 1.65 bits per heavy atom. The van der Waals surface area contributed by atoms with Crippen LogP contribution in [0, 0.1) is 5.95 Å². The first kappa shape index (κ1) is 35.1. The van der Waals surface area contributed by atoms with E-state index in [0.717, 1.165) is 39.4 Å². The summed E-state index contributed by atoms with van der Waals surface area (Å²) in [6, 6.07) is 41.0. The summed E-state index contributed by atoms with van der Waals surface area (Å²) in [5.74, 6) is 3.06. The van der Waals surface area contributed by atoms with Crippen LogP contribution in [0.2, 0.25) is 0 Å². The minimum Gasteiger partial charge on any atom is -0.489 e. The first-order valence-electron chi connectivity index (χ1n) is 16.9. The molecule has 4 N–H and O–H groups in total. The van der Waals surface area contributed by atoms with Crippen LogP contribution in [-0.4, -0.2) is 25.3 Å². The Morgan fingerprint density at radius 2 is 1.11 bits per heavy atom. The number of hydrogen-bond donors (Lipinski definition) is 2. The van der Waals surface area contributed by atoms with Crippen LogP contribution >= 0.6 is 0 Å². The molecule has 268 valence electrons. The number of nitrogen functional groups attached to an aromatic ring is 2. The summed E-state index contributed by atoms with van der Waals surface area (Å²) in [5, 5.41) is 8.23. The summed E-state index contributed by atoms with van der Waals surface area (Å²) in [7, 11) is 0. The van der Waals surface area contributed by atoms with Gasteiger partial charge in [0.25, 0.3) is 0 Å². The highest BCUT2D eigenvalue weighted by molar-refractivity contribution is 5.70. The number of nitrogens with zero attached hydrogens (tertiary/aromatic N) is 5. The number of rotatable bonds is 11. The topological polar surface area (TPSA) is 161 Å². The minimum atomic E-state index is -0.583. The highest BCUT2D eigenvalue weighted by Gasteiger charge is 2.12. The molecule has 0 aliphatic heterocycles. The van der Waals surface area contributed by atoms with Gasteiger partial charge >= 0.3 is 0 Å². The van der Waals surface area contributed by atoms with E-state index in [1.54, 1.807) is 42.7 Å². The van der Waals surface area contributed by atoms with E-state index in [2.05, 4.69) is 25.3 Å². The second-order valence-electron chi connectivity index (χ2n) is 12.1. The van der Waals surface area contributed by atoms with Gasteiger partial charge in [-0.15, -0.1) is 0 Å². The predicted molar refractivity (Wildman–Crippen MR) is 202 cm³/mol. The molecule has 0 bridgehead atoms. The van der Waals surface area contributed by atoms with Crippen molar-refractivity contribution in [1.82, 2.24) is 25.3 Å². The SMILES string of the molecule is Nc1ncccc1-c1cc(Cc2ccc(OCc3ccccc3)cc2)no1.Nc1ncccc1-c1cc(Cc2ccc(Oc3cccc(F)n3)cc2)no1. The molecule has 3 aromatic carbocycles. The maximum Gasteiger partial charge on any atom is 0.221 e. The standard InChI is InChI=1S/C22H19N3O2.C20H15FN4O2/c23-22-20(7-4-12-24-22)21-14-18(25-27-21)13-16-8-10-19(11-9-16)26-15-17-5-2-1-3-6-17;21-18-4-1-5-19(24-18)26-15-8-6-13(7-9-15)11-14-12-17(27-25-14)16-3-2-10-23-20(16)22/h1-12,14H,13,15H2,(H2,23,24);1-10,12H,11H2,(H2,22,23). The van der Waals surface area contributed by atoms with Crippen LogP contribution in [0.1, 0.15) is 28.1 Å². The second-order valence-corrected chi connectivity index (χ2v) is 12.1. The van der Waals surface area contributed by atoms with Crippen molar-refractivity contribution in [1.29, 1.82) is 0 Å². The predicted octanol–water partition coefficient (Wildman–Crippen LogP) is 8.72. The monoisotopic (exact) mass is 719 g/mol. The van der Waals surface area contributed by atoms with Crippen molar-refractivity contribution in [2.45, 2.75) is 19.4 Å². The van der Waals surface area contributed by atoms with Crippen LogP contribution in [0.15, 0.2) is 155 Å². The molecule has 0 unspecified atom stereocenters. The van der Waals surface area contributed by atoms with E-state index >= 15 is 0 Å². The Morgan fingerprint density at radius 1 is 0.556 bits per heavy atom. The van der Waals surface area contributed by atoms with Crippen molar-refractivity contribution in [3.63, 3.8) is 0 Å². The number of ether oxygens (including phenoxy) is 2. The zero-order valence-electron chi connectivity index (χ0n) is 28.9. The number of benzene rings is 3. The molecule has 0 spiro atoms. The highest BCUT2D eigenvalue weighted by atomic mass is 19.1. The number of aromatic nitrogens is 5. The Balaban J connectivity index is 0.000000167. The van der Waals surface area contributed by atoms with Crippen molar-refractivity contribution >= 4 is 11.6 Å². The number of anilines is 2. The second kappa shape index (κ2) is 16.8. The van der Waals surface area contributed by atoms with E-state index in [0.29, 0.717) is 53.9 Å².